The van der Waals surface area contributed by atoms with E-state index < -0.39 is 0 Å². The molecule has 10 aromatic rings. The van der Waals surface area contributed by atoms with Gasteiger partial charge in [0, 0.05) is 43.7 Å². The Labute approximate surface area is 280 Å². The zero-order valence-corrected chi connectivity index (χ0v) is 26.2. The molecule has 0 radical (unpaired) electrons. The largest absolute Gasteiger partial charge is 0.309 e. The molecule has 0 atom stereocenters. The van der Waals surface area contributed by atoms with E-state index in [0.29, 0.717) is 11.1 Å². The Morgan fingerprint density at radius 2 is 0.939 bits per heavy atom. The van der Waals surface area contributed by atoms with Crippen molar-refractivity contribution in [1.29, 1.82) is 10.5 Å². The third kappa shape index (κ3) is 3.67. The van der Waals surface area contributed by atoms with E-state index in [1.807, 2.05) is 36.4 Å². The van der Waals surface area contributed by atoms with E-state index in [-0.39, 0.29) is 0 Å². The van der Waals surface area contributed by atoms with Crippen molar-refractivity contribution >= 4 is 65.4 Å². The number of para-hydroxylation sites is 4. The first kappa shape index (κ1) is 27.1. The van der Waals surface area contributed by atoms with E-state index >= 15 is 0 Å². The number of benzene rings is 7. The van der Waals surface area contributed by atoms with Crippen LogP contribution in [0.2, 0.25) is 0 Å². The number of hydrogen-bond acceptors (Lipinski definition) is 2. The van der Waals surface area contributed by atoms with Crippen molar-refractivity contribution in [3.8, 4) is 29.2 Å². The van der Waals surface area contributed by atoms with Gasteiger partial charge in [-0.3, -0.25) is 0 Å². The molecule has 0 aliphatic heterocycles. The van der Waals surface area contributed by atoms with E-state index in [2.05, 4.69) is 141 Å². The fourth-order valence-corrected chi connectivity index (χ4v) is 7.93. The summed E-state index contributed by atoms with van der Waals surface area (Å²) >= 11 is 0. The molecule has 0 fully saturated rings. The van der Waals surface area contributed by atoms with Crippen molar-refractivity contribution in [2.45, 2.75) is 0 Å². The van der Waals surface area contributed by atoms with Crippen molar-refractivity contribution in [1.82, 2.24) is 13.7 Å². The summed E-state index contributed by atoms with van der Waals surface area (Å²) in [4.78, 5) is 0. The predicted octanol–water partition coefficient (Wildman–Crippen LogP) is 10.7. The van der Waals surface area contributed by atoms with Crippen LogP contribution in [0.1, 0.15) is 11.1 Å². The topological polar surface area (TPSA) is 62.4 Å². The molecule has 0 aliphatic rings. The first-order valence-electron chi connectivity index (χ1n) is 16.2. The van der Waals surface area contributed by atoms with Crippen LogP contribution in [0.5, 0.6) is 0 Å². The molecule has 0 saturated heterocycles. The summed E-state index contributed by atoms with van der Waals surface area (Å²) in [7, 11) is 0. The lowest BCUT2D eigenvalue weighted by molar-refractivity contribution is 1.16. The molecule has 5 nitrogen and oxygen atoms in total. The molecule has 0 saturated carbocycles. The average Bonchev–Trinajstić information content (AvgIpc) is 3.80. The van der Waals surface area contributed by atoms with Gasteiger partial charge in [-0.25, -0.2) is 0 Å². The maximum Gasteiger partial charge on any atom is 0.101 e. The molecule has 0 unspecified atom stereocenters. The van der Waals surface area contributed by atoms with Crippen molar-refractivity contribution in [2.24, 2.45) is 0 Å². The monoisotopic (exact) mass is 623 g/mol. The summed E-state index contributed by atoms with van der Waals surface area (Å²) in [5.41, 5.74) is 10.5. The summed E-state index contributed by atoms with van der Waals surface area (Å²) < 4.78 is 6.93. The number of fused-ring (bicyclic) bond motifs is 11. The van der Waals surface area contributed by atoms with Crippen molar-refractivity contribution in [2.75, 3.05) is 0 Å². The second kappa shape index (κ2) is 10.2. The van der Waals surface area contributed by atoms with Gasteiger partial charge in [-0.15, -0.1) is 0 Å². The molecule has 3 aromatic heterocycles. The summed E-state index contributed by atoms with van der Waals surface area (Å²) in [5, 5.41) is 26.9. The van der Waals surface area contributed by atoms with Crippen LogP contribution in [0, 0.1) is 22.7 Å². The first-order valence-corrected chi connectivity index (χ1v) is 16.2. The minimum Gasteiger partial charge on any atom is -0.309 e. The van der Waals surface area contributed by atoms with Crippen LogP contribution in [0.3, 0.4) is 0 Å². The molecule has 49 heavy (non-hydrogen) atoms. The van der Waals surface area contributed by atoms with E-state index in [1.54, 1.807) is 0 Å². The van der Waals surface area contributed by atoms with Gasteiger partial charge < -0.3 is 13.7 Å². The van der Waals surface area contributed by atoms with Gasteiger partial charge in [-0.05, 0) is 66.7 Å². The second-order valence-corrected chi connectivity index (χ2v) is 12.4. The summed E-state index contributed by atoms with van der Waals surface area (Å²) in [5.74, 6) is 0. The smallest absolute Gasteiger partial charge is 0.101 e. The van der Waals surface area contributed by atoms with Crippen LogP contribution >= 0.6 is 0 Å². The molecule has 0 N–H and O–H groups in total. The Kier molecular flexibility index (Phi) is 5.64. The normalized spacial score (nSPS) is 11.6. The second-order valence-electron chi connectivity index (χ2n) is 12.4. The van der Waals surface area contributed by atoms with Gasteiger partial charge in [0.1, 0.15) is 6.07 Å². The summed E-state index contributed by atoms with van der Waals surface area (Å²) in [6.07, 6.45) is 0. The number of aromatic nitrogens is 3. The summed E-state index contributed by atoms with van der Waals surface area (Å²) in [6, 6.07) is 57.0. The first-order chi connectivity index (χ1) is 24.3. The summed E-state index contributed by atoms with van der Waals surface area (Å²) in [6.45, 7) is 0. The van der Waals surface area contributed by atoms with Gasteiger partial charge in [-0.2, -0.15) is 10.5 Å². The van der Waals surface area contributed by atoms with Crippen LogP contribution in [0.4, 0.5) is 0 Å². The third-order valence-electron chi connectivity index (χ3n) is 9.88. The number of nitriles is 2. The molecule has 0 aliphatic carbocycles. The third-order valence-corrected chi connectivity index (χ3v) is 9.88. The molecular weight excluding hydrogens is 599 g/mol. The van der Waals surface area contributed by atoms with Crippen LogP contribution < -0.4 is 0 Å². The molecule has 226 valence electrons. The molecule has 0 amide bonds. The van der Waals surface area contributed by atoms with Crippen LogP contribution in [-0.4, -0.2) is 13.7 Å². The number of nitrogens with zero attached hydrogens (tertiary/aromatic N) is 5. The number of rotatable bonds is 3. The molecule has 0 spiro atoms. The van der Waals surface area contributed by atoms with Crippen molar-refractivity contribution in [3.05, 3.63) is 163 Å². The van der Waals surface area contributed by atoms with Gasteiger partial charge in [-0.1, -0.05) is 84.9 Å². The van der Waals surface area contributed by atoms with Gasteiger partial charge in [0.05, 0.1) is 56.0 Å². The Balaban J connectivity index is 1.48. The van der Waals surface area contributed by atoms with E-state index in [4.69, 9.17) is 0 Å². The fourth-order valence-electron chi connectivity index (χ4n) is 7.93. The highest BCUT2D eigenvalue weighted by Gasteiger charge is 2.25. The quantitative estimate of drug-likeness (QED) is 0.197. The molecule has 0 bridgehead atoms. The zero-order chi connectivity index (χ0) is 32.6. The van der Waals surface area contributed by atoms with E-state index in [0.717, 1.165) is 71.7 Å². The maximum absolute atomic E-state index is 10.2. The Hall–Kier alpha value is -7.08. The highest BCUT2D eigenvalue weighted by Crippen LogP contribution is 2.46. The van der Waals surface area contributed by atoms with E-state index in [1.165, 1.54) is 10.8 Å². The van der Waals surface area contributed by atoms with Crippen molar-refractivity contribution in [3.63, 3.8) is 0 Å². The number of hydrogen-bond donors (Lipinski definition) is 0. The Morgan fingerprint density at radius 1 is 0.388 bits per heavy atom. The van der Waals surface area contributed by atoms with Crippen LogP contribution in [-0.2, 0) is 0 Å². The fraction of sp³-hybridized carbons (Fsp3) is 0. The SMILES string of the molecule is N#Cc1ccc2c3c(ccc4c5ccc6c(c7ccccc7n6-c6ccccc6)c5n(-c5ccccc5)c43)n(-c3ccccc3C#N)c2c1. The standard InChI is InChI=1S/C44H25N5/c45-26-28-19-20-35-40(25-28)49(36-17-9-7-11-29(36)27-46)39-24-22-33-32-21-23-38-41(43(32)48(44(33)42(35)39)31-14-5-2-6-15-31)34-16-8-10-18-37(34)47(38)30-12-3-1-4-13-30/h1-25H. The highest BCUT2D eigenvalue weighted by atomic mass is 15.0. The average molecular weight is 624 g/mol. The highest BCUT2D eigenvalue weighted by molar-refractivity contribution is 6.31. The molecule has 5 heteroatoms. The van der Waals surface area contributed by atoms with E-state index in [9.17, 15) is 10.5 Å². The Morgan fingerprint density at radius 3 is 1.61 bits per heavy atom. The van der Waals surface area contributed by atoms with Gasteiger partial charge in [0.25, 0.3) is 0 Å². The molecule has 7 aromatic carbocycles. The van der Waals surface area contributed by atoms with Crippen molar-refractivity contribution < 1.29 is 0 Å². The lowest BCUT2D eigenvalue weighted by Crippen LogP contribution is -1.98. The van der Waals surface area contributed by atoms with Crippen LogP contribution in [0.25, 0.3) is 82.5 Å². The lowest BCUT2D eigenvalue weighted by Gasteiger charge is -2.11. The zero-order valence-electron chi connectivity index (χ0n) is 26.2. The van der Waals surface area contributed by atoms with Gasteiger partial charge >= 0.3 is 0 Å². The predicted molar refractivity (Wildman–Crippen MR) is 199 cm³/mol. The Bertz CT molecular complexity index is 3050. The minimum atomic E-state index is 0.571. The van der Waals surface area contributed by atoms with Crippen LogP contribution in [0.15, 0.2) is 152 Å². The molecular formula is C44H25N5. The molecule has 3 heterocycles. The van der Waals surface area contributed by atoms with Gasteiger partial charge in [0.15, 0.2) is 0 Å². The lowest BCUT2D eigenvalue weighted by atomic mass is 10.1. The minimum absolute atomic E-state index is 0.571. The van der Waals surface area contributed by atoms with Gasteiger partial charge in [0.2, 0.25) is 0 Å². The maximum atomic E-state index is 10.2. The molecule has 10 rings (SSSR count).